The van der Waals surface area contributed by atoms with Gasteiger partial charge in [0.25, 0.3) is 0 Å². The van der Waals surface area contributed by atoms with E-state index >= 15 is 0 Å². The first kappa shape index (κ1) is 17.2. The number of pyridine rings is 1. The maximum atomic E-state index is 6.39. The van der Waals surface area contributed by atoms with Crippen LogP contribution < -0.4 is 16.2 Å². The number of halogens is 1. The summed E-state index contributed by atoms with van der Waals surface area (Å²) in [5, 5.41) is 8.84. The van der Waals surface area contributed by atoms with Gasteiger partial charge < -0.3 is 16.2 Å². The number of guanidine groups is 1. The number of hydrogen-bond acceptors (Lipinski definition) is 4. The van der Waals surface area contributed by atoms with Crippen molar-refractivity contribution in [1.82, 2.24) is 4.98 Å². The van der Waals surface area contributed by atoms with Crippen LogP contribution >= 0.6 is 11.6 Å². The number of nitrogens with zero attached hydrogens (tertiary/aromatic N) is 3. The smallest absolute Gasteiger partial charge is 0.211 e. The van der Waals surface area contributed by atoms with Gasteiger partial charge in [-0.1, -0.05) is 29.8 Å². The van der Waals surface area contributed by atoms with Crippen LogP contribution in [0.3, 0.4) is 0 Å². The van der Waals surface area contributed by atoms with Gasteiger partial charge in [-0.25, -0.2) is 0 Å². The number of benzene rings is 1. The Morgan fingerprint density at radius 3 is 2.80 bits per heavy atom. The molecule has 1 aliphatic rings. The molecule has 130 valence electrons. The van der Waals surface area contributed by atoms with Crippen LogP contribution in [0.15, 0.2) is 46.7 Å². The van der Waals surface area contributed by atoms with Crippen molar-refractivity contribution in [1.29, 1.82) is 0 Å². The molecule has 0 saturated carbocycles. The molecule has 1 heterocycles. The molecule has 3 rings (SSSR count). The molecule has 0 aliphatic heterocycles. The van der Waals surface area contributed by atoms with Gasteiger partial charge in [0.05, 0.1) is 23.6 Å². The molecule has 0 amide bonds. The zero-order chi connectivity index (χ0) is 17.8. The van der Waals surface area contributed by atoms with Crippen molar-refractivity contribution >= 4 is 23.3 Å². The third kappa shape index (κ3) is 3.74. The Bertz CT molecular complexity index is 830. The van der Waals surface area contributed by atoms with E-state index < -0.39 is 0 Å². The molecule has 1 aliphatic carbocycles. The molecule has 4 N–H and O–H groups in total. The van der Waals surface area contributed by atoms with Crippen LogP contribution in [-0.4, -0.2) is 23.3 Å². The Morgan fingerprint density at radius 2 is 2.08 bits per heavy atom. The van der Waals surface area contributed by atoms with Crippen LogP contribution in [0.5, 0.6) is 5.75 Å². The Kier molecular flexibility index (Phi) is 5.19. The highest BCUT2D eigenvalue weighted by Gasteiger charge is 2.29. The van der Waals surface area contributed by atoms with E-state index in [4.69, 9.17) is 27.8 Å². The van der Waals surface area contributed by atoms with Gasteiger partial charge in [-0.3, -0.25) is 4.98 Å². The van der Waals surface area contributed by atoms with Crippen molar-refractivity contribution in [2.45, 2.75) is 25.7 Å². The third-order valence-corrected chi connectivity index (χ3v) is 4.43. The van der Waals surface area contributed by atoms with Crippen molar-refractivity contribution in [3.05, 3.63) is 58.4 Å². The van der Waals surface area contributed by atoms with Gasteiger partial charge in [-0.2, -0.15) is 5.10 Å². The van der Waals surface area contributed by atoms with E-state index in [1.165, 1.54) is 0 Å². The second-order valence-corrected chi connectivity index (χ2v) is 6.17. The SMILES string of the molecule is CCOc1ccnc2c1C(=NN=C(N)N)CC(c1ccccc1Cl)C2. The first-order valence-corrected chi connectivity index (χ1v) is 8.48. The summed E-state index contributed by atoms with van der Waals surface area (Å²) >= 11 is 6.39. The van der Waals surface area contributed by atoms with E-state index in [0.717, 1.165) is 39.7 Å². The number of nitrogens with two attached hydrogens (primary N) is 2. The Morgan fingerprint density at radius 1 is 1.28 bits per heavy atom. The summed E-state index contributed by atoms with van der Waals surface area (Å²) in [6.45, 7) is 2.50. The lowest BCUT2D eigenvalue weighted by molar-refractivity contribution is 0.338. The summed E-state index contributed by atoms with van der Waals surface area (Å²) < 4.78 is 5.75. The quantitative estimate of drug-likeness (QED) is 0.499. The molecule has 0 radical (unpaired) electrons. The maximum Gasteiger partial charge on any atom is 0.211 e. The fourth-order valence-corrected chi connectivity index (χ4v) is 3.39. The summed E-state index contributed by atoms with van der Waals surface area (Å²) in [5.41, 5.74) is 14.5. The topological polar surface area (TPSA) is 98.9 Å². The van der Waals surface area contributed by atoms with Gasteiger partial charge >= 0.3 is 0 Å². The monoisotopic (exact) mass is 357 g/mol. The molecule has 6 nitrogen and oxygen atoms in total. The highest BCUT2D eigenvalue weighted by atomic mass is 35.5. The molecule has 7 heteroatoms. The van der Waals surface area contributed by atoms with Crippen molar-refractivity contribution < 1.29 is 4.74 Å². The average molecular weight is 358 g/mol. The molecule has 25 heavy (non-hydrogen) atoms. The fourth-order valence-electron chi connectivity index (χ4n) is 3.10. The summed E-state index contributed by atoms with van der Waals surface area (Å²) in [4.78, 5) is 4.53. The third-order valence-electron chi connectivity index (χ3n) is 4.09. The minimum absolute atomic E-state index is 0.0873. The second-order valence-electron chi connectivity index (χ2n) is 5.76. The fraction of sp³-hybridized carbons (Fsp3) is 0.278. The standard InChI is InChI=1S/C18H20ClN5O/c1-2-25-16-7-8-22-14-9-11(12-5-3-4-6-13(12)19)10-15(17(14)16)23-24-18(20)21/h3-8,11H,2,9-10H2,1H3,(H4,20,21,24). The van der Waals surface area contributed by atoms with E-state index in [2.05, 4.69) is 15.2 Å². The molecular weight excluding hydrogens is 338 g/mol. The Balaban J connectivity index is 2.09. The molecule has 1 atom stereocenters. The van der Waals surface area contributed by atoms with Crippen molar-refractivity contribution in [3.63, 3.8) is 0 Å². The molecule has 0 spiro atoms. The second kappa shape index (κ2) is 7.53. The summed E-state index contributed by atoms with van der Waals surface area (Å²) in [5.74, 6) is 0.809. The number of hydrogen-bond donors (Lipinski definition) is 2. The predicted octanol–water partition coefficient (Wildman–Crippen LogP) is 2.84. The van der Waals surface area contributed by atoms with Crippen LogP contribution in [0.4, 0.5) is 0 Å². The van der Waals surface area contributed by atoms with Gasteiger partial charge in [0.15, 0.2) is 0 Å². The van der Waals surface area contributed by atoms with Gasteiger partial charge in [-0.15, -0.1) is 5.10 Å². The number of aromatic nitrogens is 1. The van der Waals surface area contributed by atoms with Crippen LogP contribution in [0, 0.1) is 0 Å². The summed E-state index contributed by atoms with van der Waals surface area (Å²) in [7, 11) is 0. The zero-order valence-electron chi connectivity index (χ0n) is 13.9. The van der Waals surface area contributed by atoms with Gasteiger partial charge in [0, 0.05) is 11.2 Å². The number of ether oxygens (including phenoxy) is 1. The Labute approximate surface area is 151 Å². The maximum absolute atomic E-state index is 6.39. The van der Waals surface area contributed by atoms with E-state index in [0.29, 0.717) is 13.0 Å². The lowest BCUT2D eigenvalue weighted by Gasteiger charge is -2.27. The lowest BCUT2D eigenvalue weighted by atomic mass is 9.81. The van der Waals surface area contributed by atoms with E-state index in [-0.39, 0.29) is 11.9 Å². The molecule has 2 aromatic rings. The highest BCUT2D eigenvalue weighted by molar-refractivity contribution is 6.31. The largest absolute Gasteiger partial charge is 0.493 e. The summed E-state index contributed by atoms with van der Waals surface area (Å²) in [6, 6.07) is 9.66. The van der Waals surface area contributed by atoms with Gasteiger partial charge in [0.1, 0.15) is 5.75 Å². The number of rotatable bonds is 4. The van der Waals surface area contributed by atoms with E-state index in [9.17, 15) is 0 Å². The molecule has 1 aromatic carbocycles. The van der Waals surface area contributed by atoms with Crippen molar-refractivity contribution in [2.24, 2.45) is 21.7 Å². The molecule has 0 bridgehead atoms. The lowest BCUT2D eigenvalue weighted by Crippen LogP contribution is -2.24. The minimum Gasteiger partial charge on any atom is -0.493 e. The van der Waals surface area contributed by atoms with Crippen molar-refractivity contribution in [2.75, 3.05) is 6.61 Å². The molecule has 0 fully saturated rings. The van der Waals surface area contributed by atoms with Gasteiger partial charge in [0.2, 0.25) is 5.96 Å². The summed E-state index contributed by atoms with van der Waals surface area (Å²) in [6.07, 6.45) is 3.15. The van der Waals surface area contributed by atoms with Crippen molar-refractivity contribution in [3.8, 4) is 5.75 Å². The number of fused-ring (bicyclic) bond motifs is 1. The van der Waals surface area contributed by atoms with Crippen LogP contribution in [0.25, 0.3) is 0 Å². The molecule has 1 unspecified atom stereocenters. The first-order valence-electron chi connectivity index (χ1n) is 8.11. The first-order chi connectivity index (χ1) is 12.1. The zero-order valence-corrected chi connectivity index (χ0v) is 14.7. The van der Waals surface area contributed by atoms with E-state index in [1.54, 1.807) is 6.20 Å². The molecular formula is C18H20ClN5O. The normalized spacial score (nSPS) is 17.8. The molecule has 0 saturated heterocycles. The predicted molar refractivity (Wildman–Crippen MR) is 100 cm³/mol. The Hall–Kier alpha value is -2.60. The molecule has 1 aromatic heterocycles. The van der Waals surface area contributed by atoms with Crippen LogP contribution in [0.1, 0.15) is 36.1 Å². The average Bonchev–Trinajstić information content (AvgIpc) is 2.60. The van der Waals surface area contributed by atoms with Crippen LogP contribution in [-0.2, 0) is 6.42 Å². The van der Waals surface area contributed by atoms with E-state index in [1.807, 2.05) is 37.3 Å². The van der Waals surface area contributed by atoms with Crippen LogP contribution in [0.2, 0.25) is 5.02 Å². The van der Waals surface area contributed by atoms with Gasteiger partial charge in [-0.05, 0) is 43.4 Å². The minimum atomic E-state index is -0.0873. The highest BCUT2D eigenvalue weighted by Crippen LogP contribution is 2.38.